The lowest BCUT2D eigenvalue weighted by atomic mass is 9.95. The largest absolute Gasteiger partial charge is 0.356 e. The molecule has 0 spiro atoms. The van der Waals surface area contributed by atoms with Crippen molar-refractivity contribution in [2.45, 2.75) is 39.0 Å². The fourth-order valence-electron chi connectivity index (χ4n) is 2.91. The van der Waals surface area contributed by atoms with E-state index in [1.807, 2.05) is 13.1 Å². The minimum absolute atomic E-state index is 0.140. The average molecular weight is 264 g/mol. The molecule has 1 amide bonds. The van der Waals surface area contributed by atoms with Gasteiger partial charge >= 0.3 is 0 Å². The van der Waals surface area contributed by atoms with Gasteiger partial charge < -0.3 is 11.1 Å². The van der Waals surface area contributed by atoms with Crippen LogP contribution >= 0.6 is 0 Å². The molecule has 5 heteroatoms. The zero-order valence-electron chi connectivity index (χ0n) is 11.6. The molecule has 1 saturated carbocycles. The summed E-state index contributed by atoms with van der Waals surface area (Å²) >= 11 is 0. The first kappa shape index (κ1) is 14.1. The summed E-state index contributed by atoms with van der Waals surface area (Å²) in [5.74, 6) is 0.716. The van der Waals surface area contributed by atoms with Crippen LogP contribution in [0.2, 0.25) is 0 Å². The fraction of sp³-hybridized carbons (Fsp3) is 0.714. The number of aryl methyl sites for hydroxylation is 2. The molecule has 0 aromatic carbocycles. The van der Waals surface area contributed by atoms with Crippen LogP contribution in [0, 0.1) is 18.8 Å². The molecule has 0 bridgehead atoms. The van der Waals surface area contributed by atoms with Crippen molar-refractivity contribution >= 4 is 5.91 Å². The van der Waals surface area contributed by atoms with Gasteiger partial charge in [0.05, 0.1) is 6.20 Å². The van der Waals surface area contributed by atoms with E-state index in [-0.39, 0.29) is 11.8 Å². The van der Waals surface area contributed by atoms with Gasteiger partial charge in [-0.2, -0.15) is 5.10 Å². The maximum atomic E-state index is 12.1. The van der Waals surface area contributed by atoms with Crippen LogP contribution in [0.5, 0.6) is 0 Å². The van der Waals surface area contributed by atoms with Gasteiger partial charge in [0.25, 0.3) is 0 Å². The summed E-state index contributed by atoms with van der Waals surface area (Å²) in [5, 5.41) is 9.96. The first-order valence-electron chi connectivity index (χ1n) is 7.19. The second-order valence-corrected chi connectivity index (χ2v) is 5.45. The summed E-state index contributed by atoms with van der Waals surface area (Å²) < 4.78 is 0. The molecule has 1 aliphatic carbocycles. The molecular weight excluding hydrogens is 240 g/mol. The van der Waals surface area contributed by atoms with E-state index < -0.39 is 0 Å². The van der Waals surface area contributed by atoms with Gasteiger partial charge in [0.15, 0.2) is 0 Å². The molecule has 2 rings (SSSR count). The Labute approximate surface area is 114 Å². The highest BCUT2D eigenvalue weighted by Crippen LogP contribution is 2.30. The number of hydrogen-bond donors (Lipinski definition) is 3. The summed E-state index contributed by atoms with van der Waals surface area (Å²) in [6, 6.07) is 0. The van der Waals surface area contributed by atoms with E-state index in [9.17, 15) is 4.79 Å². The first-order chi connectivity index (χ1) is 9.22. The summed E-state index contributed by atoms with van der Waals surface area (Å²) in [5.41, 5.74) is 8.05. The van der Waals surface area contributed by atoms with E-state index >= 15 is 0 Å². The summed E-state index contributed by atoms with van der Waals surface area (Å²) in [4.78, 5) is 12.1. The van der Waals surface area contributed by atoms with E-state index in [0.717, 1.165) is 44.3 Å². The number of nitrogens with two attached hydrogens (primary N) is 1. The third-order valence-electron chi connectivity index (χ3n) is 4.16. The van der Waals surface area contributed by atoms with Crippen molar-refractivity contribution in [3.63, 3.8) is 0 Å². The van der Waals surface area contributed by atoms with Crippen LogP contribution in [0.4, 0.5) is 0 Å². The molecule has 1 heterocycles. The SMILES string of the molecule is Cc1[nH]ncc1CCCNC(=O)C1CCCC1CN. The monoisotopic (exact) mass is 264 g/mol. The Morgan fingerprint density at radius 3 is 3.11 bits per heavy atom. The molecule has 2 unspecified atom stereocenters. The lowest BCUT2D eigenvalue weighted by molar-refractivity contribution is -0.125. The molecule has 1 aromatic heterocycles. The number of hydrogen-bond acceptors (Lipinski definition) is 3. The number of aromatic amines is 1. The van der Waals surface area contributed by atoms with Crippen molar-refractivity contribution < 1.29 is 4.79 Å². The van der Waals surface area contributed by atoms with Crippen molar-refractivity contribution in [1.29, 1.82) is 0 Å². The van der Waals surface area contributed by atoms with E-state index in [0.29, 0.717) is 12.5 Å². The number of H-pyrrole nitrogens is 1. The normalized spacial score (nSPS) is 22.6. The quantitative estimate of drug-likeness (QED) is 0.674. The molecule has 2 atom stereocenters. The molecule has 106 valence electrons. The predicted molar refractivity (Wildman–Crippen MR) is 74.5 cm³/mol. The average Bonchev–Trinajstić information content (AvgIpc) is 3.03. The maximum absolute atomic E-state index is 12.1. The highest BCUT2D eigenvalue weighted by Gasteiger charge is 2.31. The number of carbonyl (C=O) groups excluding carboxylic acids is 1. The Bertz CT molecular complexity index is 415. The van der Waals surface area contributed by atoms with Crippen molar-refractivity contribution in [2.75, 3.05) is 13.1 Å². The zero-order valence-corrected chi connectivity index (χ0v) is 11.6. The molecule has 0 saturated heterocycles. The van der Waals surface area contributed by atoms with Crippen LogP contribution in [0.1, 0.15) is 36.9 Å². The molecule has 4 N–H and O–H groups in total. The van der Waals surface area contributed by atoms with Crippen molar-refractivity contribution in [3.8, 4) is 0 Å². The van der Waals surface area contributed by atoms with Crippen LogP contribution < -0.4 is 11.1 Å². The highest BCUT2D eigenvalue weighted by molar-refractivity contribution is 5.79. The Kier molecular flexibility index (Phi) is 4.96. The number of aromatic nitrogens is 2. The molecule has 0 aliphatic heterocycles. The van der Waals surface area contributed by atoms with Gasteiger partial charge in [-0.3, -0.25) is 9.89 Å². The maximum Gasteiger partial charge on any atom is 0.223 e. The lowest BCUT2D eigenvalue weighted by Gasteiger charge is -2.17. The second-order valence-electron chi connectivity index (χ2n) is 5.45. The predicted octanol–water partition coefficient (Wildman–Crippen LogP) is 1.14. The van der Waals surface area contributed by atoms with Crippen molar-refractivity contribution in [3.05, 3.63) is 17.5 Å². The van der Waals surface area contributed by atoms with Gasteiger partial charge in [0, 0.05) is 18.2 Å². The molecule has 1 aromatic rings. The van der Waals surface area contributed by atoms with Crippen LogP contribution in [0.15, 0.2) is 6.20 Å². The second kappa shape index (κ2) is 6.70. The Morgan fingerprint density at radius 1 is 1.58 bits per heavy atom. The lowest BCUT2D eigenvalue weighted by Crippen LogP contribution is -2.35. The molecular formula is C14H24N4O. The van der Waals surface area contributed by atoms with E-state index in [1.54, 1.807) is 0 Å². The van der Waals surface area contributed by atoms with E-state index in [4.69, 9.17) is 5.73 Å². The van der Waals surface area contributed by atoms with Crippen LogP contribution in [0.25, 0.3) is 0 Å². The molecule has 0 radical (unpaired) electrons. The van der Waals surface area contributed by atoms with Crippen LogP contribution in [0.3, 0.4) is 0 Å². The Balaban J connectivity index is 1.68. The molecule has 5 nitrogen and oxygen atoms in total. The smallest absolute Gasteiger partial charge is 0.223 e. The summed E-state index contributed by atoms with van der Waals surface area (Å²) in [6.45, 7) is 3.38. The van der Waals surface area contributed by atoms with Gasteiger partial charge in [0.2, 0.25) is 5.91 Å². The zero-order chi connectivity index (χ0) is 13.7. The number of carbonyl (C=O) groups is 1. The van der Waals surface area contributed by atoms with Crippen LogP contribution in [-0.4, -0.2) is 29.2 Å². The van der Waals surface area contributed by atoms with E-state index in [1.165, 1.54) is 5.56 Å². The number of nitrogens with one attached hydrogen (secondary N) is 2. The van der Waals surface area contributed by atoms with Gasteiger partial charge in [-0.15, -0.1) is 0 Å². The molecule has 19 heavy (non-hydrogen) atoms. The van der Waals surface area contributed by atoms with E-state index in [2.05, 4.69) is 15.5 Å². The first-order valence-corrected chi connectivity index (χ1v) is 7.19. The van der Waals surface area contributed by atoms with Crippen molar-refractivity contribution in [1.82, 2.24) is 15.5 Å². The molecule has 1 aliphatic rings. The van der Waals surface area contributed by atoms with Gasteiger partial charge in [0.1, 0.15) is 0 Å². The third kappa shape index (κ3) is 3.56. The van der Waals surface area contributed by atoms with Gasteiger partial charge in [-0.25, -0.2) is 0 Å². The number of nitrogens with zero attached hydrogens (tertiary/aromatic N) is 1. The Hall–Kier alpha value is -1.36. The summed E-state index contributed by atoms with van der Waals surface area (Å²) in [6.07, 6.45) is 6.99. The van der Waals surface area contributed by atoms with Crippen molar-refractivity contribution in [2.24, 2.45) is 17.6 Å². The van der Waals surface area contributed by atoms with Gasteiger partial charge in [-0.1, -0.05) is 6.42 Å². The number of amides is 1. The number of rotatable bonds is 6. The minimum atomic E-state index is 0.140. The van der Waals surface area contributed by atoms with Crippen LogP contribution in [-0.2, 0) is 11.2 Å². The Morgan fingerprint density at radius 2 is 2.42 bits per heavy atom. The van der Waals surface area contributed by atoms with Gasteiger partial charge in [-0.05, 0) is 50.6 Å². The fourth-order valence-corrected chi connectivity index (χ4v) is 2.91. The minimum Gasteiger partial charge on any atom is -0.356 e. The summed E-state index contributed by atoms with van der Waals surface area (Å²) in [7, 11) is 0. The topological polar surface area (TPSA) is 83.8 Å². The highest BCUT2D eigenvalue weighted by atomic mass is 16.1. The molecule has 1 fully saturated rings. The third-order valence-corrected chi connectivity index (χ3v) is 4.16. The standard InChI is InChI=1S/C14H24N4O/c1-10-12(9-17-18-10)5-3-7-16-14(19)13-6-2-4-11(13)8-15/h9,11,13H,2-8,15H2,1H3,(H,16,19)(H,17,18).